The number of rotatable bonds is 10. The van der Waals surface area contributed by atoms with Gasteiger partial charge in [0.15, 0.2) is 0 Å². The number of hydrogen-bond acceptors (Lipinski definition) is 6. The largest absolute Gasteiger partial charge is 0.545 e. The van der Waals surface area contributed by atoms with Crippen molar-refractivity contribution in [2.45, 2.75) is 26.7 Å². The van der Waals surface area contributed by atoms with Crippen molar-refractivity contribution < 1.29 is 19.8 Å². The molecule has 6 heteroatoms. The van der Waals surface area contributed by atoms with E-state index in [9.17, 15) is 19.8 Å². The summed E-state index contributed by atoms with van der Waals surface area (Å²) in [5, 5.41) is 22.0. The molecule has 0 aliphatic carbocycles. The number of aliphatic carboxylic acids is 2. The second-order valence-corrected chi connectivity index (χ2v) is 6.21. The van der Waals surface area contributed by atoms with Crippen LogP contribution < -0.4 is 10.2 Å². The van der Waals surface area contributed by atoms with E-state index in [-0.39, 0.29) is 24.0 Å². The molecule has 0 atom stereocenters. The second-order valence-electron chi connectivity index (χ2n) is 3.43. The van der Waals surface area contributed by atoms with Gasteiger partial charge < -0.3 is 19.8 Å². The molecule has 0 aliphatic rings. The SMILES string of the molecule is CCSCC/C(C(=O)[O-])=C(\CCSCC)C(=O)[O-]. The van der Waals surface area contributed by atoms with Gasteiger partial charge in [0.05, 0.1) is 11.9 Å². The fourth-order valence-corrected chi connectivity index (χ4v) is 2.66. The Morgan fingerprint density at radius 3 is 1.39 bits per heavy atom. The first kappa shape index (κ1) is 17.4. The van der Waals surface area contributed by atoms with Gasteiger partial charge in [0.2, 0.25) is 0 Å². The minimum Gasteiger partial charge on any atom is -0.545 e. The first-order valence-electron chi connectivity index (χ1n) is 5.84. The Morgan fingerprint density at radius 1 is 0.833 bits per heavy atom. The van der Waals surface area contributed by atoms with Crippen LogP contribution in [0.3, 0.4) is 0 Å². The summed E-state index contributed by atoms with van der Waals surface area (Å²) in [5.74, 6) is 0.105. The van der Waals surface area contributed by atoms with Gasteiger partial charge in [-0.15, -0.1) is 0 Å². The lowest BCUT2D eigenvalue weighted by atomic mass is 10.0. The van der Waals surface area contributed by atoms with Crippen LogP contribution in [0.5, 0.6) is 0 Å². The van der Waals surface area contributed by atoms with Crippen LogP contribution in [-0.4, -0.2) is 35.0 Å². The molecule has 0 rings (SSSR count). The van der Waals surface area contributed by atoms with E-state index in [1.54, 1.807) is 23.5 Å². The van der Waals surface area contributed by atoms with E-state index in [1.165, 1.54) is 0 Å². The molecule has 0 radical (unpaired) electrons. The Hall–Kier alpha value is -0.620. The van der Waals surface area contributed by atoms with Gasteiger partial charge in [-0.05, 0) is 47.0 Å². The van der Waals surface area contributed by atoms with Crippen molar-refractivity contribution >= 4 is 35.5 Å². The lowest BCUT2D eigenvalue weighted by molar-refractivity contribution is -0.304. The molecule has 0 unspecified atom stereocenters. The fourth-order valence-electron chi connectivity index (χ4n) is 1.39. The van der Waals surface area contributed by atoms with Gasteiger partial charge in [-0.2, -0.15) is 23.5 Å². The predicted octanol–water partition coefficient (Wildman–Crippen LogP) is 0.0692. The van der Waals surface area contributed by atoms with E-state index in [2.05, 4.69) is 0 Å². The zero-order valence-electron chi connectivity index (χ0n) is 10.7. The number of carbonyl (C=O) groups is 2. The van der Waals surface area contributed by atoms with Crippen molar-refractivity contribution in [3.05, 3.63) is 11.1 Å². The molecule has 0 heterocycles. The average molecular weight is 290 g/mol. The highest BCUT2D eigenvalue weighted by molar-refractivity contribution is 7.99. The molecule has 0 spiro atoms. The molecule has 0 fully saturated rings. The Labute approximate surface area is 116 Å². The molecule has 0 amide bonds. The van der Waals surface area contributed by atoms with Crippen LogP contribution in [0.1, 0.15) is 26.7 Å². The standard InChI is InChI=1S/C12H20O4S2/c1-3-17-7-5-9(11(13)14)10(12(15)16)6-8-18-4-2/h3-8H2,1-2H3,(H,13,14)(H,15,16)/p-2/b10-9-. The van der Waals surface area contributed by atoms with Gasteiger partial charge in [0.25, 0.3) is 0 Å². The highest BCUT2D eigenvalue weighted by Gasteiger charge is 2.09. The summed E-state index contributed by atoms with van der Waals surface area (Å²) in [6, 6.07) is 0. The van der Waals surface area contributed by atoms with Crippen molar-refractivity contribution in [1.82, 2.24) is 0 Å². The van der Waals surface area contributed by atoms with Gasteiger partial charge in [0.1, 0.15) is 0 Å². The lowest BCUT2D eigenvalue weighted by Gasteiger charge is -2.17. The van der Waals surface area contributed by atoms with E-state index >= 15 is 0 Å². The highest BCUT2D eigenvalue weighted by atomic mass is 32.2. The van der Waals surface area contributed by atoms with Crippen molar-refractivity contribution in [1.29, 1.82) is 0 Å². The molecule has 0 aromatic rings. The first-order chi connectivity index (χ1) is 8.54. The van der Waals surface area contributed by atoms with Gasteiger partial charge in [-0.3, -0.25) is 0 Å². The summed E-state index contributed by atoms with van der Waals surface area (Å²) >= 11 is 3.13. The Kier molecular flexibility index (Phi) is 9.96. The molecule has 0 N–H and O–H groups in total. The van der Waals surface area contributed by atoms with Crippen LogP contribution in [-0.2, 0) is 9.59 Å². The number of carboxylic acid groups (broad SMARTS) is 2. The van der Waals surface area contributed by atoms with Crippen molar-refractivity contribution in [3.63, 3.8) is 0 Å². The van der Waals surface area contributed by atoms with E-state index < -0.39 is 11.9 Å². The quantitative estimate of drug-likeness (QED) is 0.418. The van der Waals surface area contributed by atoms with Crippen LogP contribution in [0.15, 0.2) is 11.1 Å². The Morgan fingerprint density at radius 2 is 1.17 bits per heavy atom. The third-order valence-electron chi connectivity index (χ3n) is 2.26. The second kappa shape index (κ2) is 10.3. The van der Waals surface area contributed by atoms with E-state index in [0.29, 0.717) is 11.5 Å². The zero-order chi connectivity index (χ0) is 14.0. The zero-order valence-corrected chi connectivity index (χ0v) is 12.3. The van der Waals surface area contributed by atoms with Crippen LogP contribution in [0.25, 0.3) is 0 Å². The maximum Gasteiger partial charge on any atom is 0.0678 e. The summed E-state index contributed by atoms with van der Waals surface area (Å²) in [7, 11) is 0. The topological polar surface area (TPSA) is 80.3 Å². The number of carboxylic acids is 2. The molecule has 0 aliphatic heterocycles. The number of thioether (sulfide) groups is 2. The summed E-state index contributed by atoms with van der Waals surface area (Å²) in [6.45, 7) is 3.93. The van der Waals surface area contributed by atoms with E-state index in [1.807, 2.05) is 13.8 Å². The summed E-state index contributed by atoms with van der Waals surface area (Å²) in [6.07, 6.45) is 0.419. The van der Waals surface area contributed by atoms with Gasteiger partial charge >= 0.3 is 0 Å². The summed E-state index contributed by atoms with van der Waals surface area (Å²) in [4.78, 5) is 22.0. The number of carbonyl (C=O) groups excluding carboxylic acids is 2. The summed E-state index contributed by atoms with van der Waals surface area (Å²) in [5.41, 5.74) is -0.236. The third kappa shape index (κ3) is 6.96. The molecule has 4 nitrogen and oxygen atoms in total. The minimum absolute atomic E-state index is 0.118. The van der Waals surface area contributed by atoms with Crippen LogP contribution in [0.2, 0.25) is 0 Å². The average Bonchev–Trinajstić information content (AvgIpc) is 2.31. The molecular formula is C12H18O4S2-2. The normalized spacial score (nSPS) is 12.1. The maximum atomic E-state index is 11.0. The van der Waals surface area contributed by atoms with E-state index in [0.717, 1.165) is 11.5 Å². The predicted molar refractivity (Wildman–Crippen MR) is 72.3 cm³/mol. The highest BCUT2D eigenvalue weighted by Crippen LogP contribution is 2.17. The molecule has 0 bridgehead atoms. The lowest BCUT2D eigenvalue weighted by Crippen LogP contribution is -2.32. The molecular weight excluding hydrogens is 272 g/mol. The van der Waals surface area contributed by atoms with Crippen LogP contribution in [0.4, 0.5) is 0 Å². The van der Waals surface area contributed by atoms with Crippen LogP contribution >= 0.6 is 23.5 Å². The summed E-state index contributed by atoms with van der Waals surface area (Å²) < 4.78 is 0. The maximum absolute atomic E-state index is 11.0. The third-order valence-corrected chi connectivity index (χ3v) is 4.06. The van der Waals surface area contributed by atoms with Crippen molar-refractivity contribution in [2.75, 3.05) is 23.0 Å². The van der Waals surface area contributed by atoms with Crippen molar-refractivity contribution in [3.8, 4) is 0 Å². The Balaban J connectivity index is 4.80. The monoisotopic (exact) mass is 290 g/mol. The van der Waals surface area contributed by atoms with Crippen molar-refractivity contribution in [2.24, 2.45) is 0 Å². The fraction of sp³-hybridized carbons (Fsp3) is 0.667. The minimum atomic E-state index is -1.40. The van der Waals surface area contributed by atoms with Gasteiger partial charge in [0, 0.05) is 0 Å². The number of hydrogen-bond donors (Lipinski definition) is 0. The smallest absolute Gasteiger partial charge is 0.0678 e. The molecule has 0 aromatic carbocycles. The Bertz CT molecular complexity index is 283. The first-order valence-corrected chi connectivity index (χ1v) is 8.15. The molecule has 18 heavy (non-hydrogen) atoms. The molecule has 0 aromatic heterocycles. The molecule has 0 saturated carbocycles. The van der Waals surface area contributed by atoms with Gasteiger partial charge in [-0.25, -0.2) is 0 Å². The van der Waals surface area contributed by atoms with Gasteiger partial charge in [-0.1, -0.05) is 13.8 Å². The molecule has 0 saturated heterocycles. The molecule has 104 valence electrons. The van der Waals surface area contributed by atoms with Crippen LogP contribution in [0, 0.1) is 0 Å². The van der Waals surface area contributed by atoms with E-state index in [4.69, 9.17) is 0 Å².